The molecule has 1 rings (SSSR count). The van der Waals surface area contributed by atoms with Gasteiger partial charge in [0, 0.05) is 17.7 Å². The fraction of sp³-hybridized carbons (Fsp3) is 0. The van der Waals surface area contributed by atoms with Gasteiger partial charge in [-0.05, 0) is 6.07 Å². The van der Waals surface area contributed by atoms with Gasteiger partial charge >= 0.3 is 0 Å². The van der Waals surface area contributed by atoms with Crippen LogP contribution in [0.3, 0.4) is 0 Å². The molecule has 0 bridgehead atoms. The predicted molar refractivity (Wildman–Crippen MR) is 43.1 cm³/mol. The summed E-state index contributed by atoms with van der Waals surface area (Å²) in [6.45, 7) is 3.33. The van der Waals surface area contributed by atoms with Crippen LogP contribution < -0.4 is 0 Å². The number of non-ortho nitro benzene ring substituents is 1. The van der Waals surface area contributed by atoms with Crippen LogP contribution >= 0.6 is 0 Å². The lowest BCUT2D eigenvalue weighted by Crippen LogP contribution is -1.89. The molecule has 62 valence electrons. The molecule has 0 saturated carbocycles. The largest absolute Gasteiger partial charge is 0.270 e. The quantitative estimate of drug-likeness (QED) is 0.501. The fourth-order valence-corrected chi connectivity index (χ4v) is 0.801. The van der Waals surface area contributed by atoms with Crippen molar-refractivity contribution in [1.29, 1.82) is 0 Å². The monoisotopic (exact) mass is 167 g/mol. The number of hydrogen-bond donors (Lipinski definition) is 0. The molecule has 0 aliphatic rings. The smallest absolute Gasteiger partial charge is 0.258 e. The van der Waals surface area contributed by atoms with Crippen LogP contribution in [0.1, 0.15) is 5.56 Å². The van der Waals surface area contributed by atoms with Crippen LogP contribution in [-0.4, -0.2) is 4.92 Å². The Kier molecular flexibility index (Phi) is 2.19. The molecule has 0 aliphatic heterocycles. The van der Waals surface area contributed by atoms with Crippen molar-refractivity contribution >= 4 is 11.8 Å². The Hall–Kier alpha value is -1.71. The summed E-state index contributed by atoms with van der Waals surface area (Å²) in [5.74, 6) is -0.504. The van der Waals surface area contributed by atoms with Crippen LogP contribution in [0, 0.1) is 15.9 Å². The minimum absolute atomic E-state index is 0.133. The summed E-state index contributed by atoms with van der Waals surface area (Å²) in [5, 5.41) is 10.2. The molecular formula is C8H6FNO2. The maximum atomic E-state index is 12.7. The van der Waals surface area contributed by atoms with E-state index in [-0.39, 0.29) is 11.3 Å². The van der Waals surface area contributed by atoms with Crippen molar-refractivity contribution in [3.05, 3.63) is 46.3 Å². The molecule has 0 fully saturated rings. The Morgan fingerprint density at radius 1 is 1.58 bits per heavy atom. The van der Waals surface area contributed by atoms with Gasteiger partial charge in [0.25, 0.3) is 5.69 Å². The first-order valence-corrected chi connectivity index (χ1v) is 3.21. The molecule has 0 aliphatic carbocycles. The van der Waals surface area contributed by atoms with Crippen molar-refractivity contribution in [3.8, 4) is 0 Å². The van der Waals surface area contributed by atoms with Gasteiger partial charge in [0.1, 0.15) is 5.82 Å². The molecule has 3 nitrogen and oxygen atoms in total. The van der Waals surface area contributed by atoms with Gasteiger partial charge in [-0.3, -0.25) is 10.1 Å². The van der Waals surface area contributed by atoms with Crippen molar-refractivity contribution in [3.63, 3.8) is 0 Å². The Balaban J connectivity index is 3.22. The highest BCUT2D eigenvalue weighted by Crippen LogP contribution is 2.17. The van der Waals surface area contributed by atoms with Gasteiger partial charge in [-0.25, -0.2) is 4.39 Å². The average Bonchev–Trinajstić information content (AvgIpc) is 2.05. The zero-order chi connectivity index (χ0) is 9.14. The van der Waals surface area contributed by atoms with E-state index in [9.17, 15) is 14.5 Å². The van der Waals surface area contributed by atoms with E-state index < -0.39 is 10.7 Å². The van der Waals surface area contributed by atoms with Gasteiger partial charge in [-0.1, -0.05) is 12.7 Å². The van der Waals surface area contributed by atoms with Gasteiger partial charge in [0.2, 0.25) is 0 Å². The minimum Gasteiger partial charge on any atom is -0.258 e. The first-order chi connectivity index (χ1) is 5.65. The third kappa shape index (κ3) is 1.47. The number of nitro benzene ring substituents is 1. The van der Waals surface area contributed by atoms with Crippen molar-refractivity contribution in [2.45, 2.75) is 0 Å². The lowest BCUT2D eigenvalue weighted by Gasteiger charge is -1.95. The standard InChI is InChI=1S/C8H6FNO2/c1-2-6-5-7(10(11)12)3-4-8(6)9/h2-5H,1H2. The molecular weight excluding hydrogens is 161 g/mol. The molecule has 0 spiro atoms. The lowest BCUT2D eigenvalue weighted by molar-refractivity contribution is -0.384. The van der Waals surface area contributed by atoms with Gasteiger partial charge < -0.3 is 0 Å². The van der Waals surface area contributed by atoms with Crippen LogP contribution in [-0.2, 0) is 0 Å². The predicted octanol–water partition coefficient (Wildman–Crippen LogP) is 2.38. The lowest BCUT2D eigenvalue weighted by atomic mass is 10.2. The first kappa shape index (κ1) is 8.39. The van der Waals surface area contributed by atoms with Crippen LogP contribution in [0.15, 0.2) is 24.8 Å². The Morgan fingerprint density at radius 3 is 2.75 bits per heavy atom. The van der Waals surface area contributed by atoms with E-state index in [1.54, 1.807) is 0 Å². The summed E-state index contributed by atoms with van der Waals surface area (Å²) in [7, 11) is 0. The van der Waals surface area contributed by atoms with E-state index in [1.165, 1.54) is 6.08 Å². The molecule has 12 heavy (non-hydrogen) atoms. The fourth-order valence-electron chi connectivity index (χ4n) is 0.801. The highest BCUT2D eigenvalue weighted by Gasteiger charge is 2.07. The second kappa shape index (κ2) is 3.13. The number of benzene rings is 1. The molecule has 0 radical (unpaired) electrons. The number of nitro groups is 1. The number of rotatable bonds is 2. The third-order valence-corrected chi connectivity index (χ3v) is 1.41. The molecule has 0 atom stereocenters. The highest BCUT2D eigenvalue weighted by atomic mass is 19.1. The minimum atomic E-state index is -0.577. The number of hydrogen-bond acceptors (Lipinski definition) is 2. The van der Waals surface area contributed by atoms with Gasteiger partial charge in [-0.15, -0.1) is 0 Å². The Bertz CT molecular complexity index is 336. The normalized spacial score (nSPS) is 9.42. The summed E-state index contributed by atoms with van der Waals surface area (Å²) < 4.78 is 12.7. The summed E-state index contributed by atoms with van der Waals surface area (Å²) in [6.07, 6.45) is 1.24. The van der Waals surface area contributed by atoms with Crippen LogP contribution in [0.5, 0.6) is 0 Å². The van der Waals surface area contributed by atoms with Crippen LogP contribution in [0.4, 0.5) is 10.1 Å². The van der Waals surface area contributed by atoms with E-state index in [0.29, 0.717) is 0 Å². The molecule has 1 aromatic carbocycles. The number of halogens is 1. The Labute approximate surface area is 68.3 Å². The van der Waals surface area contributed by atoms with Crippen LogP contribution in [0.25, 0.3) is 6.08 Å². The zero-order valence-electron chi connectivity index (χ0n) is 6.16. The molecule has 0 amide bonds. The maximum Gasteiger partial charge on any atom is 0.270 e. The van der Waals surface area contributed by atoms with E-state index >= 15 is 0 Å². The van der Waals surface area contributed by atoms with Gasteiger partial charge in [0.05, 0.1) is 4.92 Å². The summed E-state index contributed by atoms with van der Waals surface area (Å²) in [5.41, 5.74) is 0.00972. The van der Waals surface area contributed by atoms with Gasteiger partial charge in [-0.2, -0.15) is 0 Å². The summed E-state index contributed by atoms with van der Waals surface area (Å²) >= 11 is 0. The second-order valence-electron chi connectivity index (χ2n) is 2.17. The van der Waals surface area contributed by atoms with Crippen LogP contribution in [0.2, 0.25) is 0 Å². The Morgan fingerprint density at radius 2 is 2.25 bits per heavy atom. The molecule has 0 heterocycles. The molecule has 0 N–H and O–H groups in total. The topological polar surface area (TPSA) is 43.1 Å². The van der Waals surface area contributed by atoms with E-state index in [1.807, 2.05) is 0 Å². The van der Waals surface area contributed by atoms with Crippen molar-refractivity contribution in [1.82, 2.24) is 0 Å². The SMILES string of the molecule is C=Cc1cc([N+](=O)[O-])ccc1F. The van der Waals surface area contributed by atoms with Crippen molar-refractivity contribution in [2.24, 2.45) is 0 Å². The van der Waals surface area contributed by atoms with E-state index in [4.69, 9.17) is 0 Å². The van der Waals surface area contributed by atoms with E-state index in [2.05, 4.69) is 6.58 Å². The molecule has 0 saturated heterocycles. The second-order valence-corrected chi connectivity index (χ2v) is 2.17. The van der Waals surface area contributed by atoms with Crippen molar-refractivity contribution in [2.75, 3.05) is 0 Å². The molecule has 0 aromatic heterocycles. The maximum absolute atomic E-state index is 12.7. The van der Waals surface area contributed by atoms with E-state index in [0.717, 1.165) is 18.2 Å². The summed E-state index contributed by atoms with van der Waals surface area (Å²) in [6, 6.07) is 3.31. The summed E-state index contributed by atoms with van der Waals surface area (Å²) in [4.78, 5) is 9.65. The molecule has 4 heteroatoms. The molecule has 1 aromatic rings. The van der Waals surface area contributed by atoms with Crippen molar-refractivity contribution < 1.29 is 9.31 Å². The zero-order valence-corrected chi connectivity index (χ0v) is 6.16. The highest BCUT2D eigenvalue weighted by molar-refractivity contribution is 5.52. The average molecular weight is 167 g/mol. The first-order valence-electron chi connectivity index (χ1n) is 3.21. The number of nitrogens with zero attached hydrogens (tertiary/aromatic N) is 1. The van der Waals surface area contributed by atoms with Gasteiger partial charge in [0.15, 0.2) is 0 Å². The molecule has 0 unspecified atom stereocenters. The third-order valence-electron chi connectivity index (χ3n) is 1.41.